The molecular weight excluding hydrogens is 316 g/mol. The third-order valence-corrected chi connectivity index (χ3v) is 4.54. The average Bonchev–Trinajstić information content (AvgIpc) is 3.17. The summed E-state index contributed by atoms with van der Waals surface area (Å²) in [4.78, 5) is 14.1. The van der Waals surface area contributed by atoms with Crippen LogP contribution in [0.5, 0.6) is 0 Å². The number of hydrogen-bond acceptors (Lipinski definition) is 6. The number of amides is 2. The number of carbonyl (C=O) groups is 1. The number of urea groups is 1. The van der Waals surface area contributed by atoms with Crippen LogP contribution in [0.4, 0.5) is 10.5 Å². The second kappa shape index (κ2) is 6.67. The third kappa shape index (κ3) is 3.53. The number of ether oxygens (including phenoxy) is 1. The number of rotatable bonds is 3. The van der Waals surface area contributed by atoms with Crippen LogP contribution in [0.15, 0.2) is 15.2 Å². The predicted octanol–water partition coefficient (Wildman–Crippen LogP) is 3.17. The standard InChI is InChI=1S/C15H20N4O3S/c1-9(2)13-17-18-14(22-13)12-6-19(4-5-21-12)15(20)16-11-8-23-7-10(11)3/h7-9,12H,4-6H2,1-3H3,(H,16,20)/t12-/m1/s1. The number of nitrogens with zero attached hydrogens (tertiary/aromatic N) is 3. The van der Waals surface area contributed by atoms with Gasteiger partial charge in [0.05, 0.1) is 18.8 Å². The maximum Gasteiger partial charge on any atom is 0.322 e. The van der Waals surface area contributed by atoms with Gasteiger partial charge >= 0.3 is 6.03 Å². The molecular formula is C15H20N4O3S. The van der Waals surface area contributed by atoms with Crippen LogP contribution in [-0.4, -0.2) is 40.8 Å². The van der Waals surface area contributed by atoms with E-state index in [1.807, 2.05) is 31.5 Å². The zero-order valence-electron chi connectivity index (χ0n) is 13.4. The highest BCUT2D eigenvalue weighted by Crippen LogP contribution is 2.25. The summed E-state index contributed by atoms with van der Waals surface area (Å²) in [6.45, 7) is 7.33. The van der Waals surface area contributed by atoms with Crippen molar-refractivity contribution in [1.29, 1.82) is 0 Å². The normalized spacial score (nSPS) is 18.4. The van der Waals surface area contributed by atoms with Crippen molar-refractivity contribution >= 4 is 23.1 Å². The van der Waals surface area contributed by atoms with Crippen molar-refractivity contribution in [2.24, 2.45) is 0 Å². The van der Waals surface area contributed by atoms with E-state index in [0.717, 1.165) is 11.3 Å². The van der Waals surface area contributed by atoms with E-state index in [0.29, 0.717) is 31.5 Å². The Morgan fingerprint density at radius 1 is 1.43 bits per heavy atom. The Morgan fingerprint density at radius 2 is 2.26 bits per heavy atom. The van der Waals surface area contributed by atoms with E-state index in [1.165, 1.54) is 0 Å². The Bertz CT molecular complexity index is 682. The Balaban J connectivity index is 1.65. The molecule has 3 rings (SSSR count). The number of anilines is 1. The minimum atomic E-state index is -0.377. The topological polar surface area (TPSA) is 80.5 Å². The highest BCUT2D eigenvalue weighted by atomic mass is 32.1. The van der Waals surface area contributed by atoms with E-state index < -0.39 is 0 Å². The maximum atomic E-state index is 12.4. The molecule has 0 saturated carbocycles. The van der Waals surface area contributed by atoms with Gasteiger partial charge in [-0.1, -0.05) is 13.8 Å². The molecule has 0 unspecified atom stereocenters. The molecule has 0 bridgehead atoms. The van der Waals surface area contributed by atoms with E-state index in [9.17, 15) is 4.79 Å². The quantitative estimate of drug-likeness (QED) is 0.931. The van der Waals surface area contributed by atoms with Crippen LogP contribution in [0.25, 0.3) is 0 Å². The van der Waals surface area contributed by atoms with Gasteiger partial charge in [-0.3, -0.25) is 0 Å². The van der Waals surface area contributed by atoms with Crippen LogP contribution in [-0.2, 0) is 4.74 Å². The smallest absolute Gasteiger partial charge is 0.322 e. The van der Waals surface area contributed by atoms with Gasteiger partial charge in [0.15, 0.2) is 6.10 Å². The average molecular weight is 336 g/mol. The van der Waals surface area contributed by atoms with Crippen LogP contribution in [0.2, 0.25) is 0 Å². The lowest BCUT2D eigenvalue weighted by molar-refractivity contribution is -0.0276. The summed E-state index contributed by atoms with van der Waals surface area (Å²) in [5, 5.41) is 14.9. The van der Waals surface area contributed by atoms with Gasteiger partial charge < -0.3 is 19.4 Å². The van der Waals surface area contributed by atoms with Crippen LogP contribution in [0, 0.1) is 6.92 Å². The monoisotopic (exact) mass is 336 g/mol. The Labute approximate surface area is 138 Å². The third-order valence-electron chi connectivity index (χ3n) is 3.68. The molecule has 8 heteroatoms. The van der Waals surface area contributed by atoms with E-state index in [4.69, 9.17) is 9.15 Å². The molecule has 3 heterocycles. The van der Waals surface area contributed by atoms with Crippen LogP contribution in [0.3, 0.4) is 0 Å². The fourth-order valence-electron chi connectivity index (χ4n) is 2.28. The van der Waals surface area contributed by atoms with E-state index in [2.05, 4.69) is 15.5 Å². The molecule has 0 radical (unpaired) electrons. The molecule has 0 spiro atoms. The van der Waals surface area contributed by atoms with E-state index in [-0.39, 0.29) is 18.1 Å². The molecule has 1 fully saturated rings. The Morgan fingerprint density at radius 3 is 2.91 bits per heavy atom. The number of carbonyl (C=O) groups excluding carboxylic acids is 1. The first kappa shape index (κ1) is 15.9. The molecule has 2 aromatic heterocycles. The van der Waals surface area contributed by atoms with Crippen molar-refractivity contribution in [3.05, 3.63) is 28.1 Å². The highest BCUT2D eigenvalue weighted by molar-refractivity contribution is 7.08. The Kier molecular flexibility index (Phi) is 4.63. The van der Waals surface area contributed by atoms with Crippen molar-refractivity contribution in [1.82, 2.24) is 15.1 Å². The SMILES string of the molecule is Cc1cscc1NC(=O)N1CCO[C@@H](c2nnc(C(C)C)o2)C1. The molecule has 1 atom stereocenters. The van der Waals surface area contributed by atoms with Crippen LogP contribution in [0.1, 0.15) is 43.2 Å². The lowest BCUT2D eigenvalue weighted by Crippen LogP contribution is -2.44. The zero-order chi connectivity index (χ0) is 16.4. The number of thiophene rings is 1. The van der Waals surface area contributed by atoms with Crippen LogP contribution < -0.4 is 5.32 Å². The first-order chi connectivity index (χ1) is 11.0. The second-order valence-electron chi connectivity index (χ2n) is 5.84. The minimum Gasteiger partial charge on any atom is -0.422 e. The summed E-state index contributed by atoms with van der Waals surface area (Å²) in [6.07, 6.45) is -0.377. The molecule has 7 nitrogen and oxygen atoms in total. The predicted molar refractivity (Wildman–Crippen MR) is 86.7 cm³/mol. The van der Waals surface area contributed by atoms with E-state index in [1.54, 1.807) is 16.2 Å². The molecule has 0 aromatic carbocycles. The fourth-order valence-corrected chi connectivity index (χ4v) is 3.06. The molecule has 1 N–H and O–H groups in total. The van der Waals surface area contributed by atoms with Crippen molar-refractivity contribution in [2.45, 2.75) is 32.8 Å². The summed E-state index contributed by atoms with van der Waals surface area (Å²) >= 11 is 1.57. The van der Waals surface area contributed by atoms with Gasteiger partial charge in [-0.2, -0.15) is 0 Å². The van der Waals surface area contributed by atoms with Crippen molar-refractivity contribution in [2.75, 3.05) is 25.0 Å². The van der Waals surface area contributed by atoms with Gasteiger partial charge in [-0.05, 0) is 17.9 Å². The lowest BCUT2D eigenvalue weighted by Gasteiger charge is -2.31. The van der Waals surface area contributed by atoms with E-state index >= 15 is 0 Å². The fraction of sp³-hybridized carbons (Fsp3) is 0.533. The molecule has 0 aliphatic carbocycles. The Hall–Kier alpha value is -1.93. The summed E-state index contributed by atoms with van der Waals surface area (Å²) in [6, 6.07) is -0.136. The van der Waals surface area contributed by atoms with Gasteiger partial charge in [0.2, 0.25) is 11.8 Å². The number of nitrogens with one attached hydrogen (secondary N) is 1. The van der Waals surface area contributed by atoms with Gasteiger partial charge in [0, 0.05) is 17.8 Å². The molecule has 1 saturated heterocycles. The summed E-state index contributed by atoms with van der Waals surface area (Å²) < 4.78 is 11.3. The maximum absolute atomic E-state index is 12.4. The number of aromatic nitrogens is 2. The van der Waals surface area contributed by atoms with Crippen LogP contribution >= 0.6 is 11.3 Å². The van der Waals surface area contributed by atoms with Crippen molar-refractivity contribution in [3.63, 3.8) is 0 Å². The molecule has 124 valence electrons. The van der Waals surface area contributed by atoms with Crippen molar-refractivity contribution in [3.8, 4) is 0 Å². The molecule has 1 aliphatic rings. The number of morpholine rings is 1. The molecule has 2 aromatic rings. The van der Waals surface area contributed by atoms with Gasteiger partial charge in [0.25, 0.3) is 0 Å². The summed E-state index contributed by atoms with van der Waals surface area (Å²) in [7, 11) is 0. The van der Waals surface area contributed by atoms with Gasteiger partial charge in [-0.15, -0.1) is 21.5 Å². The first-order valence-electron chi connectivity index (χ1n) is 7.58. The zero-order valence-corrected chi connectivity index (χ0v) is 14.2. The summed E-state index contributed by atoms with van der Waals surface area (Å²) in [5.41, 5.74) is 1.91. The van der Waals surface area contributed by atoms with Crippen molar-refractivity contribution < 1.29 is 13.9 Å². The minimum absolute atomic E-state index is 0.136. The number of aryl methyl sites for hydroxylation is 1. The molecule has 1 aliphatic heterocycles. The highest BCUT2D eigenvalue weighted by Gasteiger charge is 2.29. The van der Waals surface area contributed by atoms with Gasteiger partial charge in [-0.25, -0.2) is 4.79 Å². The lowest BCUT2D eigenvalue weighted by atomic mass is 10.2. The van der Waals surface area contributed by atoms with Gasteiger partial charge in [0.1, 0.15) is 0 Å². The molecule has 2 amide bonds. The first-order valence-corrected chi connectivity index (χ1v) is 8.52. The molecule has 23 heavy (non-hydrogen) atoms. The number of hydrogen-bond donors (Lipinski definition) is 1. The second-order valence-corrected chi connectivity index (χ2v) is 6.58. The summed E-state index contributed by atoms with van der Waals surface area (Å²) in [5.74, 6) is 1.18. The largest absolute Gasteiger partial charge is 0.422 e.